The molecule has 2 amide bonds. The summed E-state index contributed by atoms with van der Waals surface area (Å²) in [5.74, 6) is 2.48. The predicted molar refractivity (Wildman–Crippen MR) is 145 cm³/mol. The zero-order chi connectivity index (χ0) is 27.6. The monoisotopic (exact) mass is 535 g/mol. The Balaban J connectivity index is 1.20. The largest absolute Gasteiger partial charge is 0.493 e. The van der Waals surface area contributed by atoms with E-state index in [1.165, 1.54) is 0 Å². The Morgan fingerprint density at radius 1 is 0.974 bits per heavy atom. The van der Waals surface area contributed by atoms with Gasteiger partial charge in [0.25, 0.3) is 0 Å². The lowest BCUT2D eigenvalue weighted by atomic mass is 10.1. The Morgan fingerprint density at radius 2 is 1.72 bits per heavy atom. The Kier molecular flexibility index (Phi) is 9.91. The summed E-state index contributed by atoms with van der Waals surface area (Å²) >= 11 is 0. The molecule has 0 N–H and O–H groups in total. The van der Waals surface area contributed by atoms with E-state index < -0.39 is 0 Å². The van der Waals surface area contributed by atoms with Crippen LogP contribution in [0.15, 0.2) is 53.1 Å². The van der Waals surface area contributed by atoms with E-state index >= 15 is 0 Å². The van der Waals surface area contributed by atoms with Crippen LogP contribution >= 0.6 is 0 Å². The Bertz CT molecular complexity index is 1220. The van der Waals surface area contributed by atoms with Gasteiger partial charge in [-0.15, -0.1) is 0 Å². The lowest BCUT2D eigenvalue weighted by molar-refractivity contribution is -0.132. The minimum absolute atomic E-state index is 0.0648. The predicted octanol–water partition coefficient (Wildman–Crippen LogP) is 2.96. The topological polar surface area (TPSA) is 101 Å². The molecule has 208 valence electrons. The van der Waals surface area contributed by atoms with Crippen molar-refractivity contribution in [3.63, 3.8) is 0 Å². The molecule has 2 aromatic carbocycles. The first-order valence-corrected chi connectivity index (χ1v) is 13.3. The number of benzene rings is 2. The number of hydrogen-bond acceptors (Lipinski definition) is 8. The van der Waals surface area contributed by atoms with Gasteiger partial charge >= 0.3 is 0 Å². The van der Waals surface area contributed by atoms with Crippen molar-refractivity contribution in [1.29, 1.82) is 0 Å². The van der Waals surface area contributed by atoms with Crippen LogP contribution in [0, 0.1) is 0 Å². The third-order valence-corrected chi connectivity index (χ3v) is 6.91. The number of carbonyl (C=O) groups excluding carboxylic acids is 2. The van der Waals surface area contributed by atoms with E-state index in [0.29, 0.717) is 75.2 Å². The Hall–Kier alpha value is -3.92. The quantitative estimate of drug-likeness (QED) is 0.349. The molecule has 3 aromatic rings. The lowest BCUT2D eigenvalue weighted by Gasteiger charge is -2.34. The molecule has 1 saturated heterocycles. The fourth-order valence-corrected chi connectivity index (χ4v) is 4.64. The van der Waals surface area contributed by atoms with Gasteiger partial charge in [0.05, 0.1) is 27.2 Å². The molecule has 1 fully saturated rings. The Morgan fingerprint density at radius 3 is 2.41 bits per heavy atom. The molecule has 10 nitrogen and oxygen atoms in total. The summed E-state index contributed by atoms with van der Waals surface area (Å²) in [6.07, 6.45) is 1.05. The molecule has 10 heteroatoms. The van der Waals surface area contributed by atoms with Crippen LogP contribution in [0.25, 0.3) is 0 Å². The van der Waals surface area contributed by atoms with Gasteiger partial charge in [-0.1, -0.05) is 41.6 Å². The normalized spacial score (nSPS) is 13.8. The van der Waals surface area contributed by atoms with Gasteiger partial charge in [-0.25, -0.2) is 0 Å². The van der Waals surface area contributed by atoms with Gasteiger partial charge in [0, 0.05) is 52.1 Å². The minimum atomic E-state index is 0.0648. The number of hydrogen-bond donors (Lipinski definition) is 0. The number of ether oxygens (including phenoxy) is 2. The first kappa shape index (κ1) is 28.1. The lowest BCUT2D eigenvalue weighted by Crippen LogP contribution is -2.48. The van der Waals surface area contributed by atoms with Crippen LogP contribution in [0.1, 0.15) is 36.2 Å². The van der Waals surface area contributed by atoms with Gasteiger partial charge in [0.15, 0.2) is 17.3 Å². The van der Waals surface area contributed by atoms with Crippen molar-refractivity contribution in [3.8, 4) is 11.5 Å². The third kappa shape index (κ3) is 7.79. The first-order chi connectivity index (χ1) is 19.0. The number of carbonyl (C=O) groups is 2. The smallest absolute Gasteiger partial charge is 0.227 e. The molecule has 0 atom stereocenters. The molecule has 0 bridgehead atoms. The van der Waals surface area contributed by atoms with E-state index in [1.54, 1.807) is 14.2 Å². The van der Waals surface area contributed by atoms with E-state index in [9.17, 15) is 9.59 Å². The van der Waals surface area contributed by atoms with Gasteiger partial charge in [0.1, 0.15) is 0 Å². The van der Waals surface area contributed by atoms with E-state index in [-0.39, 0.29) is 11.8 Å². The highest BCUT2D eigenvalue weighted by Crippen LogP contribution is 2.28. The van der Waals surface area contributed by atoms with E-state index in [2.05, 4.69) is 15.0 Å². The van der Waals surface area contributed by atoms with Crippen LogP contribution in [0.5, 0.6) is 11.5 Å². The van der Waals surface area contributed by atoms with E-state index in [0.717, 1.165) is 24.2 Å². The minimum Gasteiger partial charge on any atom is -0.493 e. The summed E-state index contributed by atoms with van der Waals surface area (Å²) in [6, 6.07) is 15.5. The second-order valence-electron chi connectivity index (χ2n) is 9.52. The molecular weight excluding hydrogens is 498 g/mol. The van der Waals surface area contributed by atoms with Crippen LogP contribution in [0.4, 0.5) is 0 Å². The van der Waals surface area contributed by atoms with Gasteiger partial charge in [-0.2, -0.15) is 4.98 Å². The summed E-state index contributed by atoms with van der Waals surface area (Å²) in [4.78, 5) is 36.0. The van der Waals surface area contributed by atoms with E-state index in [1.807, 2.05) is 65.3 Å². The molecule has 39 heavy (non-hydrogen) atoms. The van der Waals surface area contributed by atoms with Gasteiger partial charge in [-0.05, 0) is 30.2 Å². The van der Waals surface area contributed by atoms with Gasteiger partial charge < -0.3 is 23.8 Å². The molecule has 0 saturated carbocycles. The zero-order valence-electron chi connectivity index (χ0n) is 23.0. The second-order valence-corrected chi connectivity index (χ2v) is 9.52. The highest BCUT2D eigenvalue weighted by molar-refractivity contribution is 5.79. The van der Waals surface area contributed by atoms with E-state index in [4.69, 9.17) is 14.0 Å². The highest BCUT2D eigenvalue weighted by Gasteiger charge is 2.23. The first-order valence-electron chi connectivity index (χ1n) is 13.3. The summed E-state index contributed by atoms with van der Waals surface area (Å²) in [5.41, 5.74) is 2.00. The summed E-state index contributed by atoms with van der Waals surface area (Å²) in [5, 5.41) is 4.11. The zero-order valence-corrected chi connectivity index (χ0v) is 23.0. The average Bonchev–Trinajstić information content (AvgIpc) is 3.42. The number of methoxy groups -OCH3 is 2. The number of aryl methyl sites for hydroxylation is 1. The van der Waals surface area contributed by atoms with Crippen LogP contribution < -0.4 is 9.47 Å². The standard InChI is InChI=1S/C29H37N5O5/c1-4-33(20-22-8-6-5-7-9-22)28(35)13-12-27-30-26(31-39-27)21-32-14-16-34(17-15-32)29(36)19-23-10-11-24(37-2)25(18-23)38-3/h5-11,18H,4,12-17,19-21H2,1-3H3. The molecule has 0 spiro atoms. The van der Waals surface area contributed by atoms with Gasteiger partial charge in [-0.3, -0.25) is 14.5 Å². The van der Waals surface area contributed by atoms with Crippen molar-refractivity contribution in [2.24, 2.45) is 0 Å². The van der Waals surface area contributed by atoms with Crippen molar-refractivity contribution in [3.05, 3.63) is 71.4 Å². The van der Waals surface area contributed by atoms with Crippen LogP contribution in [0.3, 0.4) is 0 Å². The number of nitrogens with zero attached hydrogens (tertiary/aromatic N) is 5. The van der Waals surface area contributed by atoms with Crippen molar-refractivity contribution < 1.29 is 23.6 Å². The molecule has 2 heterocycles. The molecule has 1 aliphatic rings. The van der Waals surface area contributed by atoms with Crippen LogP contribution in [0.2, 0.25) is 0 Å². The summed E-state index contributed by atoms with van der Waals surface area (Å²) in [6.45, 7) is 6.49. The fraction of sp³-hybridized carbons (Fsp3) is 0.448. The number of piperazine rings is 1. The van der Waals surface area contributed by atoms with Crippen LogP contribution in [-0.4, -0.2) is 83.6 Å². The maximum atomic E-state index is 12.9. The molecule has 0 radical (unpaired) electrons. The molecular formula is C29H37N5O5. The second kappa shape index (κ2) is 13.7. The molecule has 1 aliphatic heterocycles. The summed E-state index contributed by atoms with van der Waals surface area (Å²) in [7, 11) is 3.18. The number of rotatable bonds is 12. The third-order valence-electron chi connectivity index (χ3n) is 6.91. The average molecular weight is 536 g/mol. The molecule has 4 rings (SSSR count). The van der Waals surface area contributed by atoms with Crippen molar-refractivity contribution in [2.75, 3.05) is 46.9 Å². The fourth-order valence-electron chi connectivity index (χ4n) is 4.64. The Labute approximate surface area is 229 Å². The van der Waals surface area contributed by atoms with Crippen LogP contribution in [-0.2, 0) is 35.5 Å². The molecule has 0 unspecified atom stereocenters. The maximum absolute atomic E-state index is 12.9. The number of amides is 2. The number of aromatic nitrogens is 2. The highest BCUT2D eigenvalue weighted by atomic mass is 16.5. The van der Waals surface area contributed by atoms with Gasteiger partial charge in [0.2, 0.25) is 17.7 Å². The maximum Gasteiger partial charge on any atom is 0.227 e. The molecule has 1 aromatic heterocycles. The summed E-state index contributed by atoms with van der Waals surface area (Å²) < 4.78 is 16.0. The van der Waals surface area contributed by atoms with Crippen molar-refractivity contribution >= 4 is 11.8 Å². The van der Waals surface area contributed by atoms with Crippen molar-refractivity contribution in [2.45, 2.75) is 39.3 Å². The molecule has 0 aliphatic carbocycles. The van der Waals surface area contributed by atoms with Crippen molar-refractivity contribution in [1.82, 2.24) is 24.8 Å². The SMILES string of the molecule is CCN(Cc1ccccc1)C(=O)CCc1nc(CN2CCN(C(=O)Cc3ccc(OC)c(OC)c3)CC2)no1.